The standard InChI is InChI=1S/C47H67N9O16/c1-29-27-56(47(71)72)23-21-54(46(69)70)19-18-53(45(67)68)20-22-55(29)28-38(57)49-26-30-9-13-33(14-10-30)40(60)50-37(25-31-11-12-32-6-2-3-7-34(32)24-31)41(61)48-17-5-4-8-35(42(62)63)51-44(66)52-36(43(64)65)15-16-39(58)59/h2-3,6-7,11-12,24,29-30,33,35-37H,4-5,8-10,13-23,25-28H2,1H3,(H,48,61)(H,49,57)(H,50,60)(H,58,59)(H,62,63)(H,64,65)(H,67,68)(H,69,70)(H,71,72)(H2,51,52,66). The van der Waals surface area contributed by atoms with Crippen LogP contribution in [0.25, 0.3) is 10.8 Å². The topological polar surface area (TPSA) is 365 Å². The Morgan fingerprint density at radius 1 is 0.625 bits per heavy atom. The summed E-state index contributed by atoms with van der Waals surface area (Å²) in [6, 6.07) is 7.83. The average molecular weight is 1010 g/mol. The van der Waals surface area contributed by atoms with Gasteiger partial charge in [-0.3, -0.25) is 24.1 Å². The zero-order valence-electron chi connectivity index (χ0n) is 40.2. The highest BCUT2D eigenvalue weighted by Crippen LogP contribution is 2.29. The molecule has 2 fully saturated rings. The van der Waals surface area contributed by atoms with E-state index in [2.05, 4.69) is 26.6 Å². The quantitative estimate of drug-likeness (QED) is 0.0794. The summed E-state index contributed by atoms with van der Waals surface area (Å²) in [7, 11) is 0. The molecule has 1 saturated carbocycles. The lowest BCUT2D eigenvalue weighted by Crippen LogP contribution is -2.53. The minimum atomic E-state index is -1.55. The molecule has 4 unspecified atom stereocenters. The van der Waals surface area contributed by atoms with Crippen LogP contribution in [-0.2, 0) is 35.2 Å². The maximum Gasteiger partial charge on any atom is 0.407 e. The molecule has 1 aliphatic heterocycles. The molecule has 0 radical (unpaired) electrons. The molecule has 4 rings (SSSR count). The monoisotopic (exact) mass is 1010 g/mol. The summed E-state index contributed by atoms with van der Waals surface area (Å²) in [5, 5.41) is 71.9. The fraction of sp³-hybridized carbons (Fsp3) is 0.574. The molecule has 4 atom stereocenters. The van der Waals surface area contributed by atoms with E-state index in [-0.39, 0.29) is 102 Å². The number of amides is 8. The van der Waals surface area contributed by atoms with Gasteiger partial charge >= 0.3 is 42.2 Å². The van der Waals surface area contributed by atoms with E-state index < -0.39 is 91.1 Å². The first-order chi connectivity index (χ1) is 34.2. The van der Waals surface area contributed by atoms with E-state index in [0.717, 1.165) is 31.0 Å². The van der Waals surface area contributed by atoms with Crippen molar-refractivity contribution >= 4 is 70.7 Å². The SMILES string of the molecule is CC1CN(C(=O)O)CCN(C(=O)O)CCN(C(=O)O)CCN1CC(=O)NCC1CCC(C(=O)NC(Cc2ccc3ccccc3c2)C(=O)NCCCCC(NC(=O)NC(CCC(=O)O)C(=O)O)C(=O)O)CC1. The molecule has 0 bridgehead atoms. The maximum absolute atomic E-state index is 13.8. The molecular weight excluding hydrogens is 947 g/mol. The summed E-state index contributed by atoms with van der Waals surface area (Å²) in [4.78, 5) is 128. The molecule has 72 heavy (non-hydrogen) atoms. The zero-order chi connectivity index (χ0) is 52.9. The normalized spacial score (nSPS) is 19.2. The maximum atomic E-state index is 13.8. The fourth-order valence-electron chi connectivity index (χ4n) is 8.67. The van der Waals surface area contributed by atoms with E-state index >= 15 is 0 Å². The number of carboxylic acids is 3. The van der Waals surface area contributed by atoms with Crippen LogP contribution in [0, 0.1) is 11.8 Å². The van der Waals surface area contributed by atoms with Crippen molar-refractivity contribution < 1.29 is 78.6 Å². The van der Waals surface area contributed by atoms with Crippen molar-refractivity contribution in [2.45, 2.75) is 95.3 Å². The van der Waals surface area contributed by atoms with Crippen LogP contribution in [-0.4, -0.2) is 200 Å². The number of unbranched alkanes of at least 4 members (excludes halogenated alkanes) is 1. The Balaban J connectivity index is 1.30. The van der Waals surface area contributed by atoms with Crippen molar-refractivity contribution in [2.75, 3.05) is 65.4 Å². The van der Waals surface area contributed by atoms with Crippen LogP contribution in [0.1, 0.15) is 70.3 Å². The van der Waals surface area contributed by atoms with Gasteiger partial charge in [-0.1, -0.05) is 42.5 Å². The van der Waals surface area contributed by atoms with Gasteiger partial charge in [-0.25, -0.2) is 28.8 Å². The number of hydrogen-bond donors (Lipinski definition) is 11. The molecule has 2 aromatic carbocycles. The van der Waals surface area contributed by atoms with Crippen LogP contribution in [0.3, 0.4) is 0 Å². The molecule has 1 heterocycles. The minimum absolute atomic E-state index is 0.0244. The molecule has 11 N–H and O–H groups in total. The fourth-order valence-corrected chi connectivity index (χ4v) is 8.67. The van der Waals surface area contributed by atoms with Gasteiger partial charge in [-0.15, -0.1) is 0 Å². The average Bonchev–Trinajstić information content (AvgIpc) is 3.32. The summed E-state index contributed by atoms with van der Waals surface area (Å²) in [6.07, 6.45) is -2.05. The van der Waals surface area contributed by atoms with Crippen molar-refractivity contribution in [1.29, 1.82) is 0 Å². The Morgan fingerprint density at radius 3 is 1.78 bits per heavy atom. The van der Waals surface area contributed by atoms with Crippen molar-refractivity contribution in [3.05, 3.63) is 48.0 Å². The molecule has 2 aromatic rings. The molecule has 396 valence electrons. The smallest absolute Gasteiger partial charge is 0.407 e. The minimum Gasteiger partial charge on any atom is -0.481 e. The number of benzene rings is 2. The van der Waals surface area contributed by atoms with Crippen LogP contribution in [0.5, 0.6) is 0 Å². The second-order valence-corrected chi connectivity index (χ2v) is 18.2. The Bertz CT molecular complexity index is 2240. The van der Waals surface area contributed by atoms with Gasteiger partial charge in [-0.05, 0) is 80.5 Å². The Morgan fingerprint density at radius 2 is 1.19 bits per heavy atom. The lowest BCUT2D eigenvalue weighted by atomic mass is 9.81. The number of fused-ring (bicyclic) bond motifs is 1. The van der Waals surface area contributed by atoms with Gasteiger partial charge < -0.3 is 71.9 Å². The number of carboxylic acid groups (broad SMARTS) is 6. The summed E-state index contributed by atoms with van der Waals surface area (Å²) in [6.45, 7) is 1.29. The van der Waals surface area contributed by atoms with Crippen molar-refractivity contribution in [3.63, 3.8) is 0 Å². The number of aliphatic carboxylic acids is 3. The third kappa shape index (κ3) is 19.0. The molecule has 2 aliphatic rings. The van der Waals surface area contributed by atoms with Crippen molar-refractivity contribution in [3.8, 4) is 0 Å². The summed E-state index contributed by atoms with van der Waals surface area (Å²) in [5.74, 6) is -5.68. The molecule has 0 aromatic heterocycles. The number of urea groups is 1. The van der Waals surface area contributed by atoms with Gasteiger partial charge in [0.2, 0.25) is 17.7 Å². The number of carbonyl (C=O) groups is 10. The second kappa shape index (κ2) is 28.4. The van der Waals surface area contributed by atoms with Gasteiger partial charge in [0.05, 0.1) is 6.54 Å². The second-order valence-electron chi connectivity index (χ2n) is 18.2. The molecule has 25 nitrogen and oxygen atoms in total. The van der Waals surface area contributed by atoms with E-state index in [4.69, 9.17) is 5.11 Å². The molecule has 1 aliphatic carbocycles. The predicted molar refractivity (Wildman–Crippen MR) is 256 cm³/mol. The van der Waals surface area contributed by atoms with E-state index in [9.17, 15) is 73.5 Å². The highest BCUT2D eigenvalue weighted by atomic mass is 16.4. The first-order valence-corrected chi connectivity index (χ1v) is 23.9. The molecule has 8 amide bonds. The molecule has 1 saturated heterocycles. The Kier molecular flexibility index (Phi) is 22.6. The first-order valence-electron chi connectivity index (χ1n) is 23.9. The van der Waals surface area contributed by atoms with Gasteiger partial charge in [-0.2, -0.15) is 0 Å². The van der Waals surface area contributed by atoms with E-state index in [1.165, 1.54) is 0 Å². The highest BCUT2D eigenvalue weighted by Gasteiger charge is 2.32. The van der Waals surface area contributed by atoms with Gasteiger partial charge in [0.25, 0.3) is 0 Å². The van der Waals surface area contributed by atoms with Crippen molar-refractivity contribution in [2.24, 2.45) is 11.8 Å². The summed E-state index contributed by atoms with van der Waals surface area (Å²) < 4.78 is 0. The van der Waals surface area contributed by atoms with Gasteiger partial charge in [0.15, 0.2) is 0 Å². The highest BCUT2D eigenvalue weighted by molar-refractivity contribution is 5.90. The van der Waals surface area contributed by atoms with E-state index in [1.54, 1.807) is 11.8 Å². The molecular formula is C47H67N9O16. The first kappa shape index (κ1) is 57.1. The number of rotatable bonds is 21. The third-order valence-electron chi connectivity index (χ3n) is 13.0. The number of carbonyl (C=O) groups excluding carboxylic acids is 4. The van der Waals surface area contributed by atoms with Crippen LogP contribution in [0.4, 0.5) is 19.2 Å². The lowest BCUT2D eigenvalue weighted by Gasteiger charge is -2.35. The Hall–Kier alpha value is -7.44. The largest absolute Gasteiger partial charge is 0.481 e. The van der Waals surface area contributed by atoms with Crippen molar-refractivity contribution in [1.82, 2.24) is 46.2 Å². The molecule has 0 spiro atoms. The van der Waals surface area contributed by atoms with Crippen LogP contribution in [0.15, 0.2) is 42.5 Å². The summed E-state index contributed by atoms with van der Waals surface area (Å²) >= 11 is 0. The van der Waals surface area contributed by atoms with Gasteiger partial charge in [0.1, 0.15) is 18.1 Å². The van der Waals surface area contributed by atoms with Gasteiger partial charge in [0, 0.05) is 83.7 Å². The molecule has 25 heteroatoms. The van der Waals surface area contributed by atoms with Crippen LogP contribution >= 0.6 is 0 Å². The predicted octanol–water partition coefficient (Wildman–Crippen LogP) is 1.79. The lowest BCUT2D eigenvalue weighted by molar-refractivity contribution is -0.141. The van der Waals surface area contributed by atoms with E-state index in [1.807, 2.05) is 42.5 Å². The zero-order valence-corrected chi connectivity index (χ0v) is 40.2. The Labute approximate surface area is 415 Å². The van der Waals surface area contributed by atoms with E-state index in [0.29, 0.717) is 32.2 Å². The number of nitrogens with zero attached hydrogens (tertiary/aromatic N) is 4. The number of nitrogens with one attached hydrogen (secondary N) is 5. The van der Waals surface area contributed by atoms with Crippen LogP contribution in [0.2, 0.25) is 0 Å². The summed E-state index contributed by atoms with van der Waals surface area (Å²) in [5.41, 5.74) is 0.794. The third-order valence-corrected chi connectivity index (χ3v) is 13.0. The number of hydrogen-bond acceptors (Lipinski definition) is 11. The van der Waals surface area contributed by atoms with Crippen LogP contribution < -0.4 is 26.6 Å².